The van der Waals surface area contributed by atoms with Crippen molar-refractivity contribution in [1.29, 1.82) is 0 Å². The number of aryl methyl sites for hydroxylation is 1. The van der Waals surface area contributed by atoms with Gasteiger partial charge in [0.25, 0.3) is 0 Å². The van der Waals surface area contributed by atoms with Gasteiger partial charge in [0.05, 0.1) is 6.54 Å². The summed E-state index contributed by atoms with van der Waals surface area (Å²) in [6.45, 7) is 4.72. The van der Waals surface area contributed by atoms with E-state index in [0.717, 1.165) is 6.42 Å². The van der Waals surface area contributed by atoms with Crippen molar-refractivity contribution in [2.75, 3.05) is 13.1 Å². The number of rotatable bonds is 7. The lowest BCUT2D eigenvalue weighted by Crippen LogP contribution is -2.23. The average molecular weight is 209 g/mol. The van der Waals surface area contributed by atoms with E-state index in [2.05, 4.69) is 23.3 Å². The Kier molecular flexibility index (Phi) is 5.19. The van der Waals surface area contributed by atoms with Gasteiger partial charge in [0.1, 0.15) is 5.78 Å². The molecule has 0 bridgehead atoms. The van der Waals surface area contributed by atoms with Crippen molar-refractivity contribution >= 4 is 17.1 Å². The summed E-state index contributed by atoms with van der Waals surface area (Å²) in [5.74, 6) is 0.262. The first-order chi connectivity index (χ1) is 6.83. The predicted octanol–water partition coefficient (Wildman–Crippen LogP) is 2.03. The van der Waals surface area contributed by atoms with E-state index in [1.165, 1.54) is 5.56 Å². The SMILES string of the molecule is C=CCNCC(=O)CCc1ccsc1. The van der Waals surface area contributed by atoms with Crippen LogP contribution < -0.4 is 5.32 Å². The normalized spacial score (nSPS) is 10.0. The monoisotopic (exact) mass is 209 g/mol. The Morgan fingerprint density at radius 2 is 2.50 bits per heavy atom. The predicted molar refractivity (Wildman–Crippen MR) is 60.7 cm³/mol. The third-order valence-electron chi connectivity index (χ3n) is 1.88. The van der Waals surface area contributed by atoms with Crippen LogP contribution in [0.5, 0.6) is 0 Å². The van der Waals surface area contributed by atoms with Crippen LogP contribution in [0.25, 0.3) is 0 Å². The van der Waals surface area contributed by atoms with Gasteiger partial charge in [-0.05, 0) is 28.8 Å². The zero-order valence-electron chi connectivity index (χ0n) is 8.16. The summed E-state index contributed by atoms with van der Waals surface area (Å²) < 4.78 is 0. The fraction of sp³-hybridized carbons (Fsp3) is 0.364. The van der Waals surface area contributed by atoms with Gasteiger partial charge in [0.15, 0.2) is 0 Å². The number of nitrogens with one attached hydrogen (secondary N) is 1. The molecule has 0 saturated heterocycles. The third-order valence-corrected chi connectivity index (χ3v) is 2.62. The Hall–Kier alpha value is -0.930. The highest BCUT2D eigenvalue weighted by Crippen LogP contribution is 2.08. The molecule has 2 nitrogen and oxygen atoms in total. The molecular weight excluding hydrogens is 194 g/mol. The lowest BCUT2D eigenvalue weighted by molar-refractivity contribution is -0.118. The van der Waals surface area contributed by atoms with Gasteiger partial charge in [-0.1, -0.05) is 6.08 Å². The molecule has 14 heavy (non-hydrogen) atoms. The van der Waals surface area contributed by atoms with Crippen LogP contribution in [0, 0.1) is 0 Å². The largest absolute Gasteiger partial charge is 0.307 e. The number of thiophene rings is 1. The Bertz CT molecular complexity index is 279. The van der Waals surface area contributed by atoms with Crippen molar-refractivity contribution in [1.82, 2.24) is 5.32 Å². The van der Waals surface area contributed by atoms with Gasteiger partial charge in [-0.2, -0.15) is 11.3 Å². The fourth-order valence-electron chi connectivity index (χ4n) is 1.12. The molecule has 0 aromatic carbocycles. The molecule has 0 aliphatic heterocycles. The number of hydrogen-bond donors (Lipinski definition) is 1. The molecule has 0 amide bonds. The van der Waals surface area contributed by atoms with E-state index in [0.29, 0.717) is 19.5 Å². The summed E-state index contributed by atoms with van der Waals surface area (Å²) in [7, 11) is 0. The van der Waals surface area contributed by atoms with Gasteiger partial charge in [-0.3, -0.25) is 4.79 Å². The molecule has 0 fully saturated rings. The van der Waals surface area contributed by atoms with E-state index in [1.54, 1.807) is 17.4 Å². The summed E-state index contributed by atoms with van der Waals surface area (Å²) in [5.41, 5.74) is 1.26. The first kappa shape index (κ1) is 11.1. The van der Waals surface area contributed by atoms with Crippen LogP contribution in [-0.2, 0) is 11.2 Å². The molecule has 3 heteroatoms. The first-order valence-corrected chi connectivity index (χ1v) is 5.61. The minimum absolute atomic E-state index is 0.262. The number of hydrogen-bond acceptors (Lipinski definition) is 3. The number of Topliss-reactive ketones (excluding diaryl/α,β-unsaturated/α-hetero) is 1. The fourth-order valence-corrected chi connectivity index (χ4v) is 1.82. The van der Waals surface area contributed by atoms with E-state index < -0.39 is 0 Å². The van der Waals surface area contributed by atoms with Gasteiger partial charge >= 0.3 is 0 Å². The quantitative estimate of drug-likeness (QED) is 0.550. The van der Waals surface area contributed by atoms with Crippen LogP contribution in [0.3, 0.4) is 0 Å². The molecule has 76 valence electrons. The highest BCUT2D eigenvalue weighted by Gasteiger charge is 2.01. The van der Waals surface area contributed by atoms with Crippen LogP contribution in [0.1, 0.15) is 12.0 Å². The summed E-state index contributed by atoms with van der Waals surface area (Å²) in [6.07, 6.45) is 3.24. The summed E-state index contributed by atoms with van der Waals surface area (Å²) in [5, 5.41) is 7.13. The minimum atomic E-state index is 0.262. The van der Waals surface area contributed by atoms with Gasteiger partial charge in [0, 0.05) is 13.0 Å². The minimum Gasteiger partial charge on any atom is -0.307 e. The molecule has 1 aromatic heterocycles. The van der Waals surface area contributed by atoms with E-state index >= 15 is 0 Å². The van der Waals surface area contributed by atoms with Crippen LogP contribution in [-0.4, -0.2) is 18.9 Å². The highest BCUT2D eigenvalue weighted by molar-refractivity contribution is 7.07. The Morgan fingerprint density at radius 1 is 1.64 bits per heavy atom. The molecule has 0 aliphatic rings. The Morgan fingerprint density at radius 3 is 3.14 bits per heavy atom. The topological polar surface area (TPSA) is 29.1 Å². The molecule has 0 radical (unpaired) electrons. The molecule has 0 unspecified atom stereocenters. The second kappa shape index (κ2) is 6.51. The molecule has 1 N–H and O–H groups in total. The van der Waals surface area contributed by atoms with Crippen LogP contribution in [0.15, 0.2) is 29.5 Å². The van der Waals surface area contributed by atoms with Gasteiger partial charge in [0.2, 0.25) is 0 Å². The second-order valence-electron chi connectivity index (χ2n) is 3.09. The van der Waals surface area contributed by atoms with Crippen molar-refractivity contribution in [2.45, 2.75) is 12.8 Å². The zero-order chi connectivity index (χ0) is 10.2. The summed E-state index contributed by atoms with van der Waals surface area (Å²) >= 11 is 1.67. The molecule has 1 aromatic rings. The maximum Gasteiger partial charge on any atom is 0.146 e. The highest BCUT2D eigenvalue weighted by atomic mass is 32.1. The first-order valence-electron chi connectivity index (χ1n) is 4.67. The van der Waals surface area contributed by atoms with Crippen molar-refractivity contribution in [3.8, 4) is 0 Å². The van der Waals surface area contributed by atoms with Crippen molar-refractivity contribution in [3.05, 3.63) is 35.0 Å². The maximum absolute atomic E-state index is 11.3. The maximum atomic E-state index is 11.3. The number of carbonyl (C=O) groups excluding carboxylic acids is 1. The van der Waals surface area contributed by atoms with Crippen molar-refractivity contribution in [2.24, 2.45) is 0 Å². The van der Waals surface area contributed by atoms with Gasteiger partial charge < -0.3 is 5.32 Å². The molecule has 0 aliphatic carbocycles. The smallest absolute Gasteiger partial charge is 0.146 e. The van der Waals surface area contributed by atoms with Crippen LogP contribution >= 0.6 is 11.3 Å². The standard InChI is InChI=1S/C11H15NOS/c1-2-6-12-8-11(13)4-3-10-5-7-14-9-10/h2,5,7,9,12H,1,3-4,6,8H2. The third kappa shape index (κ3) is 4.35. The lowest BCUT2D eigenvalue weighted by atomic mass is 10.1. The Balaban J connectivity index is 2.12. The summed E-state index contributed by atoms with van der Waals surface area (Å²) in [4.78, 5) is 11.3. The molecule has 1 rings (SSSR count). The average Bonchev–Trinajstić information content (AvgIpc) is 2.68. The van der Waals surface area contributed by atoms with E-state index in [4.69, 9.17) is 0 Å². The summed E-state index contributed by atoms with van der Waals surface area (Å²) in [6, 6.07) is 2.06. The molecule has 0 atom stereocenters. The van der Waals surface area contributed by atoms with Crippen molar-refractivity contribution in [3.63, 3.8) is 0 Å². The molecule has 1 heterocycles. The zero-order valence-corrected chi connectivity index (χ0v) is 8.98. The molecule has 0 spiro atoms. The van der Waals surface area contributed by atoms with E-state index in [1.807, 2.05) is 5.38 Å². The molecular formula is C11H15NOS. The van der Waals surface area contributed by atoms with Gasteiger partial charge in [-0.15, -0.1) is 6.58 Å². The van der Waals surface area contributed by atoms with Gasteiger partial charge in [-0.25, -0.2) is 0 Å². The number of carbonyl (C=O) groups is 1. The van der Waals surface area contributed by atoms with Crippen molar-refractivity contribution < 1.29 is 4.79 Å². The van der Waals surface area contributed by atoms with Crippen LogP contribution in [0.4, 0.5) is 0 Å². The van der Waals surface area contributed by atoms with E-state index in [-0.39, 0.29) is 5.78 Å². The lowest BCUT2D eigenvalue weighted by Gasteiger charge is -2.00. The van der Waals surface area contributed by atoms with Crippen LogP contribution in [0.2, 0.25) is 0 Å². The second-order valence-corrected chi connectivity index (χ2v) is 3.87. The molecule has 0 saturated carbocycles. The Labute approximate surface area is 88.6 Å². The van der Waals surface area contributed by atoms with E-state index in [9.17, 15) is 4.79 Å². The number of ketones is 1.